The number of ether oxygens (including phenoxy) is 1. The van der Waals surface area contributed by atoms with E-state index in [2.05, 4.69) is 48.3 Å². The van der Waals surface area contributed by atoms with Gasteiger partial charge in [0.15, 0.2) is 6.23 Å². The van der Waals surface area contributed by atoms with Gasteiger partial charge in [0.25, 0.3) is 14.1 Å². The van der Waals surface area contributed by atoms with Crippen LogP contribution >= 0.6 is 8.53 Å². The Hall–Kier alpha value is -1.60. The number of aromatic amines is 1. The predicted octanol–water partition coefficient (Wildman–Crippen LogP) is 3.67. The molecule has 1 aliphatic heterocycles. The van der Waals surface area contributed by atoms with Gasteiger partial charge in [-0.05, 0) is 47.5 Å². The number of hydrogen-bond donors (Lipinski definition) is 1. The van der Waals surface area contributed by atoms with Crippen LogP contribution in [0, 0.1) is 18.3 Å². The van der Waals surface area contributed by atoms with Crippen LogP contribution in [0.15, 0.2) is 15.8 Å². The molecule has 36 heavy (non-hydrogen) atoms. The first-order chi connectivity index (χ1) is 17.2. The van der Waals surface area contributed by atoms with Crippen LogP contribution in [0.4, 0.5) is 0 Å². The zero-order valence-electron chi connectivity index (χ0n) is 22.3. The van der Waals surface area contributed by atoms with Gasteiger partial charge >= 0.3 is 5.69 Å². The molecule has 11 heteroatoms. The van der Waals surface area contributed by atoms with Crippen molar-refractivity contribution < 1.29 is 13.8 Å². The number of aryl methyl sites for hydroxylation is 1. The van der Waals surface area contributed by atoms with Crippen LogP contribution in [0.25, 0.3) is 0 Å². The zero-order valence-corrected chi connectivity index (χ0v) is 23.2. The summed E-state index contributed by atoms with van der Waals surface area (Å²) >= 11 is 0. The molecule has 10 nitrogen and oxygen atoms in total. The van der Waals surface area contributed by atoms with Crippen molar-refractivity contribution >= 4 is 8.53 Å². The van der Waals surface area contributed by atoms with E-state index in [1.807, 2.05) is 0 Å². The van der Waals surface area contributed by atoms with Crippen LogP contribution in [0.2, 0.25) is 0 Å². The fourth-order valence-electron chi connectivity index (χ4n) is 5.10. The minimum atomic E-state index is -1.38. The van der Waals surface area contributed by atoms with Crippen LogP contribution in [-0.2, 0) is 13.8 Å². The second kappa shape index (κ2) is 13.8. The average molecular weight is 524 g/mol. The van der Waals surface area contributed by atoms with E-state index in [1.165, 1.54) is 23.8 Å². The topological polar surface area (TPSA) is 113 Å². The summed E-state index contributed by atoms with van der Waals surface area (Å²) < 4.78 is 22.5. The van der Waals surface area contributed by atoms with E-state index in [-0.39, 0.29) is 23.7 Å². The first-order valence-corrected chi connectivity index (χ1v) is 14.3. The highest BCUT2D eigenvalue weighted by Gasteiger charge is 2.36. The maximum Gasteiger partial charge on any atom is 0.330 e. The molecule has 0 radical (unpaired) electrons. The summed E-state index contributed by atoms with van der Waals surface area (Å²) in [6.07, 6.45) is 7.06. The van der Waals surface area contributed by atoms with E-state index >= 15 is 0 Å². The number of morpholine rings is 1. The van der Waals surface area contributed by atoms with Crippen molar-refractivity contribution in [1.29, 1.82) is 5.26 Å². The number of nitrogens with zero attached hydrogens (tertiary/aromatic N) is 4. The molecule has 202 valence electrons. The molecule has 1 unspecified atom stereocenters. The van der Waals surface area contributed by atoms with E-state index in [0.29, 0.717) is 44.3 Å². The standard InChI is InChI=1S/C25H42N5O5P/c1-18(2)30(19(3)4)36(33-13-9-12-26)34-17-22-15-28(21-10-7-6-8-11-21)16-23(35-22)29-14-20(5)24(31)27-25(29)32/h14,18-19,21-23H,6-11,13,15-17H2,1-5H3,(H,27,31,32)/t22-,23+,36?/m0/s1. The van der Waals surface area contributed by atoms with E-state index in [9.17, 15) is 9.59 Å². The van der Waals surface area contributed by atoms with Crippen molar-refractivity contribution in [3.8, 4) is 6.07 Å². The Morgan fingerprint density at radius 2 is 1.86 bits per heavy atom. The number of nitriles is 1. The second-order valence-electron chi connectivity index (χ2n) is 10.3. The van der Waals surface area contributed by atoms with Gasteiger partial charge < -0.3 is 13.8 Å². The molecule has 3 atom stereocenters. The number of nitrogens with one attached hydrogen (secondary N) is 1. The second-order valence-corrected chi connectivity index (χ2v) is 11.7. The number of H-pyrrole nitrogens is 1. The Bertz CT molecular complexity index is 976. The van der Waals surface area contributed by atoms with Crippen molar-refractivity contribution in [1.82, 2.24) is 19.1 Å². The average Bonchev–Trinajstić information content (AvgIpc) is 2.84. The quantitative estimate of drug-likeness (QED) is 0.345. The third kappa shape index (κ3) is 7.70. The van der Waals surface area contributed by atoms with Crippen LogP contribution in [0.3, 0.4) is 0 Å². The molecule has 3 rings (SSSR count). The SMILES string of the molecule is Cc1cn([C@H]2CN(C3CCCCC3)C[C@@H](COP(OCCC#N)N(C(C)C)C(C)C)O2)c(=O)[nH]c1=O. The van der Waals surface area contributed by atoms with Gasteiger partial charge in [0.05, 0.1) is 31.8 Å². The summed E-state index contributed by atoms with van der Waals surface area (Å²) in [5.74, 6) is 0. The molecule has 1 aromatic heterocycles. The van der Waals surface area contributed by atoms with Gasteiger partial charge in [-0.15, -0.1) is 0 Å². The van der Waals surface area contributed by atoms with Gasteiger partial charge in [0.1, 0.15) is 0 Å². The smallest absolute Gasteiger partial charge is 0.330 e. The Balaban J connectivity index is 1.80. The summed E-state index contributed by atoms with van der Waals surface area (Å²) in [6.45, 7) is 12.0. The normalized spacial score (nSPS) is 22.9. The minimum Gasteiger partial charge on any atom is -0.350 e. The van der Waals surface area contributed by atoms with Gasteiger partial charge in [-0.3, -0.25) is 19.2 Å². The maximum absolute atomic E-state index is 12.7. The van der Waals surface area contributed by atoms with Crippen molar-refractivity contribution in [3.63, 3.8) is 0 Å². The minimum absolute atomic E-state index is 0.208. The number of rotatable bonds is 11. The molecule has 0 aromatic carbocycles. The molecule has 0 spiro atoms. The maximum atomic E-state index is 12.7. The first kappa shape index (κ1) is 29.0. The lowest BCUT2D eigenvalue weighted by Gasteiger charge is -2.44. The highest BCUT2D eigenvalue weighted by molar-refractivity contribution is 7.44. The molecule has 0 amide bonds. The van der Waals surface area contributed by atoms with Crippen molar-refractivity contribution in [2.24, 2.45) is 0 Å². The predicted molar refractivity (Wildman–Crippen MR) is 140 cm³/mol. The van der Waals surface area contributed by atoms with Crippen LogP contribution in [0.5, 0.6) is 0 Å². The summed E-state index contributed by atoms with van der Waals surface area (Å²) in [6, 6.07) is 2.99. The van der Waals surface area contributed by atoms with Gasteiger partial charge in [-0.2, -0.15) is 5.26 Å². The molecule has 1 saturated heterocycles. The van der Waals surface area contributed by atoms with Crippen LogP contribution < -0.4 is 11.2 Å². The third-order valence-electron chi connectivity index (χ3n) is 6.76. The molecular weight excluding hydrogens is 481 g/mol. The van der Waals surface area contributed by atoms with Gasteiger partial charge in [0.2, 0.25) is 0 Å². The third-order valence-corrected chi connectivity index (χ3v) is 8.83. The lowest BCUT2D eigenvalue weighted by Crippen LogP contribution is -2.53. The van der Waals surface area contributed by atoms with E-state index in [0.717, 1.165) is 12.8 Å². The largest absolute Gasteiger partial charge is 0.350 e. The van der Waals surface area contributed by atoms with Crippen molar-refractivity contribution in [3.05, 3.63) is 32.6 Å². The number of aromatic nitrogens is 2. The Labute approximate surface area is 215 Å². The summed E-state index contributed by atoms with van der Waals surface area (Å²) in [5, 5.41) is 8.97. The Kier molecular flexibility index (Phi) is 11.1. The fraction of sp³-hybridized carbons (Fsp3) is 0.800. The Morgan fingerprint density at radius 3 is 2.50 bits per heavy atom. The van der Waals surface area contributed by atoms with Crippen LogP contribution in [-0.4, -0.2) is 69.7 Å². The fourth-order valence-corrected chi connectivity index (χ4v) is 6.73. The monoisotopic (exact) mass is 523 g/mol. The molecule has 1 aromatic rings. The lowest BCUT2D eigenvalue weighted by atomic mass is 9.93. The van der Waals surface area contributed by atoms with E-state index in [1.54, 1.807) is 13.1 Å². The molecular formula is C25H42N5O5P. The summed E-state index contributed by atoms with van der Waals surface area (Å²) in [5.41, 5.74) is -0.368. The highest BCUT2D eigenvalue weighted by atomic mass is 31.2. The summed E-state index contributed by atoms with van der Waals surface area (Å²) in [7, 11) is -1.38. The number of hydrogen-bond acceptors (Lipinski definition) is 8. The molecule has 0 bridgehead atoms. The highest BCUT2D eigenvalue weighted by Crippen LogP contribution is 2.46. The van der Waals surface area contributed by atoms with Gasteiger partial charge in [-0.25, -0.2) is 9.46 Å². The molecule has 1 saturated carbocycles. The molecule has 2 heterocycles. The lowest BCUT2D eigenvalue weighted by molar-refractivity contribution is -0.144. The zero-order chi connectivity index (χ0) is 26.2. The summed E-state index contributed by atoms with van der Waals surface area (Å²) in [4.78, 5) is 29.4. The van der Waals surface area contributed by atoms with Gasteiger partial charge in [0, 0.05) is 43.0 Å². The van der Waals surface area contributed by atoms with E-state index in [4.69, 9.17) is 19.0 Å². The van der Waals surface area contributed by atoms with Crippen molar-refractivity contribution in [2.75, 3.05) is 26.3 Å². The van der Waals surface area contributed by atoms with Crippen LogP contribution in [0.1, 0.15) is 78.0 Å². The van der Waals surface area contributed by atoms with Crippen molar-refractivity contribution in [2.45, 2.75) is 104 Å². The van der Waals surface area contributed by atoms with E-state index < -0.39 is 20.4 Å². The molecule has 2 fully saturated rings. The molecule has 1 aliphatic carbocycles. The van der Waals surface area contributed by atoms with Gasteiger partial charge in [-0.1, -0.05) is 19.3 Å². The first-order valence-electron chi connectivity index (χ1n) is 13.1. The Morgan fingerprint density at radius 1 is 1.17 bits per heavy atom. The molecule has 1 N–H and O–H groups in total. The molecule has 2 aliphatic rings.